The fourth-order valence-electron chi connectivity index (χ4n) is 1.93. The number of halogens is 1. The number of hydrogen-bond acceptors (Lipinski definition) is 4. The summed E-state index contributed by atoms with van der Waals surface area (Å²) in [5.41, 5.74) is 6.40. The van der Waals surface area contributed by atoms with Crippen molar-refractivity contribution < 1.29 is 4.79 Å². The van der Waals surface area contributed by atoms with Crippen LogP contribution in [0.3, 0.4) is 0 Å². The number of nitrogens with zero attached hydrogens (tertiary/aromatic N) is 2. The summed E-state index contributed by atoms with van der Waals surface area (Å²) in [7, 11) is 0. The SMILES string of the molecule is CC(=O)/C(=N/Nc1ccc(Cl)cc1)C(C)=Nc1ccc(C)cc1. The van der Waals surface area contributed by atoms with E-state index in [1.54, 1.807) is 31.2 Å². The third-order valence-electron chi connectivity index (χ3n) is 3.15. The largest absolute Gasteiger partial charge is 0.293 e. The first-order valence-electron chi connectivity index (χ1n) is 7.18. The Balaban J connectivity index is 2.22. The second kappa shape index (κ2) is 7.70. The van der Waals surface area contributed by atoms with Crippen molar-refractivity contribution in [3.63, 3.8) is 0 Å². The number of carbonyl (C=O) groups is 1. The van der Waals surface area contributed by atoms with Gasteiger partial charge in [-0.15, -0.1) is 0 Å². The normalized spacial score (nSPS) is 12.2. The van der Waals surface area contributed by atoms with Gasteiger partial charge in [-0.25, -0.2) is 0 Å². The molecule has 4 nitrogen and oxygen atoms in total. The summed E-state index contributed by atoms with van der Waals surface area (Å²) in [5, 5.41) is 4.82. The second-order valence-corrected chi connectivity index (χ2v) is 5.60. The molecule has 0 fully saturated rings. The van der Waals surface area contributed by atoms with Crippen LogP contribution in [0.5, 0.6) is 0 Å². The molecule has 0 atom stereocenters. The number of Topliss-reactive ketones (excluding diaryl/α,β-unsaturated/α-hetero) is 1. The minimum atomic E-state index is -0.153. The molecular weight excluding hydrogens is 310 g/mol. The summed E-state index contributed by atoms with van der Waals surface area (Å²) in [4.78, 5) is 16.3. The van der Waals surface area contributed by atoms with Crippen LogP contribution in [-0.4, -0.2) is 17.2 Å². The van der Waals surface area contributed by atoms with Crippen molar-refractivity contribution in [3.05, 3.63) is 59.1 Å². The Kier molecular flexibility index (Phi) is 5.66. The molecule has 0 aliphatic carbocycles. The number of rotatable bonds is 5. The Labute approximate surface area is 140 Å². The van der Waals surface area contributed by atoms with Gasteiger partial charge in [0, 0.05) is 11.9 Å². The number of nitrogens with one attached hydrogen (secondary N) is 1. The Hall–Kier alpha value is -2.46. The summed E-state index contributed by atoms with van der Waals surface area (Å²) in [5.74, 6) is -0.153. The monoisotopic (exact) mass is 327 g/mol. The molecule has 0 radical (unpaired) electrons. The molecule has 2 aromatic rings. The molecule has 0 aliphatic heterocycles. The summed E-state index contributed by atoms with van der Waals surface area (Å²) < 4.78 is 0. The average Bonchev–Trinajstić information content (AvgIpc) is 2.51. The van der Waals surface area contributed by atoms with Gasteiger partial charge in [0.25, 0.3) is 0 Å². The quantitative estimate of drug-likeness (QED) is 0.633. The van der Waals surface area contributed by atoms with E-state index in [1.165, 1.54) is 6.92 Å². The lowest BCUT2D eigenvalue weighted by atomic mass is 10.2. The molecule has 0 saturated heterocycles. The van der Waals surface area contributed by atoms with Gasteiger partial charge in [-0.2, -0.15) is 5.10 Å². The van der Waals surface area contributed by atoms with E-state index in [1.807, 2.05) is 31.2 Å². The van der Waals surface area contributed by atoms with Crippen LogP contribution in [-0.2, 0) is 4.79 Å². The first-order valence-corrected chi connectivity index (χ1v) is 7.56. The first-order chi connectivity index (χ1) is 11.0. The molecule has 5 heteroatoms. The number of hydrogen-bond donors (Lipinski definition) is 1. The molecule has 0 amide bonds. The molecule has 0 unspecified atom stereocenters. The van der Waals surface area contributed by atoms with Crippen LogP contribution in [0, 0.1) is 6.92 Å². The molecule has 2 rings (SSSR count). The minimum absolute atomic E-state index is 0.153. The van der Waals surface area contributed by atoms with Crippen LogP contribution >= 0.6 is 11.6 Å². The zero-order valence-electron chi connectivity index (χ0n) is 13.3. The van der Waals surface area contributed by atoms with Crippen molar-refractivity contribution in [2.24, 2.45) is 10.1 Å². The van der Waals surface area contributed by atoms with Crippen LogP contribution in [0.4, 0.5) is 11.4 Å². The molecule has 118 valence electrons. The molecule has 0 aromatic heterocycles. The first kappa shape index (κ1) is 16.9. The molecule has 0 saturated carbocycles. The number of carbonyl (C=O) groups excluding carboxylic acids is 1. The van der Waals surface area contributed by atoms with E-state index in [0.29, 0.717) is 16.4 Å². The Morgan fingerprint density at radius 1 is 1.00 bits per heavy atom. The zero-order valence-corrected chi connectivity index (χ0v) is 14.1. The summed E-state index contributed by atoms with van der Waals surface area (Å²) in [6.07, 6.45) is 0. The third kappa shape index (κ3) is 5.04. The van der Waals surface area contributed by atoms with Gasteiger partial charge >= 0.3 is 0 Å². The van der Waals surface area contributed by atoms with Gasteiger partial charge in [-0.1, -0.05) is 29.3 Å². The third-order valence-corrected chi connectivity index (χ3v) is 3.40. The van der Waals surface area contributed by atoms with E-state index in [9.17, 15) is 4.79 Å². The van der Waals surface area contributed by atoms with Crippen molar-refractivity contribution in [1.29, 1.82) is 0 Å². The number of aryl methyl sites for hydroxylation is 1. The van der Waals surface area contributed by atoms with E-state index in [-0.39, 0.29) is 5.78 Å². The predicted molar refractivity (Wildman–Crippen MR) is 97.1 cm³/mol. The molecular formula is C18H18ClN3O. The lowest BCUT2D eigenvalue weighted by Crippen LogP contribution is -2.20. The van der Waals surface area contributed by atoms with Crippen LogP contribution in [0.15, 0.2) is 58.6 Å². The average molecular weight is 328 g/mol. The molecule has 0 heterocycles. The highest BCUT2D eigenvalue weighted by Crippen LogP contribution is 2.15. The fraction of sp³-hybridized carbons (Fsp3) is 0.167. The van der Waals surface area contributed by atoms with Gasteiger partial charge in [-0.05, 0) is 50.2 Å². The molecule has 23 heavy (non-hydrogen) atoms. The van der Waals surface area contributed by atoms with E-state index in [0.717, 1.165) is 16.9 Å². The molecule has 0 bridgehead atoms. The smallest absolute Gasteiger partial charge is 0.181 e. The Morgan fingerprint density at radius 2 is 1.61 bits per heavy atom. The van der Waals surface area contributed by atoms with E-state index < -0.39 is 0 Å². The molecule has 1 N–H and O–H groups in total. The Bertz CT molecular complexity index is 747. The highest BCUT2D eigenvalue weighted by atomic mass is 35.5. The number of hydrazone groups is 1. The number of anilines is 1. The Morgan fingerprint density at radius 3 is 2.17 bits per heavy atom. The molecule has 2 aromatic carbocycles. The maximum atomic E-state index is 11.8. The lowest BCUT2D eigenvalue weighted by Gasteiger charge is -2.05. The number of ketones is 1. The van der Waals surface area contributed by atoms with E-state index in [4.69, 9.17) is 11.6 Å². The van der Waals surface area contributed by atoms with Gasteiger partial charge in [0.05, 0.1) is 17.1 Å². The highest BCUT2D eigenvalue weighted by Gasteiger charge is 2.10. The summed E-state index contributed by atoms with van der Waals surface area (Å²) in [6, 6.07) is 14.8. The van der Waals surface area contributed by atoms with Crippen LogP contribution in [0.2, 0.25) is 5.02 Å². The zero-order chi connectivity index (χ0) is 16.8. The second-order valence-electron chi connectivity index (χ2n) is 5.17. The highest BCUT2D eigenvalue weighted by molar-refractivity contribution is 6.66. The predicted octanol–water partition coefficient (Wildman–Crippen LogP) is 4.80. The van der Waals surface area contributed by atoms with Crippen molar-refractivity contribution in [1.82, 2.24) is 0 Å². The van der Waals surface area contributed by atoms with E-state index in [2.05, 4.69) is 15.5 Å². The maximum absolute atomic E-state index is 11.8. The van der Waals surface area contributed by atoms with Gasteiger partial charge in [0.2, 0.25) is 0 Å². The van der Waals surface area contributed by atoms with Crippen molar-refractivity contribution in [3.8, 4) is 0 Å². The van der Waals surface area contributed by atoms with E-state index >= 15 is 0 Å². The van der Waals surface area contributed by atoms with Crippen LogP contribution < -0.4 is 5.43 Å². The van der Waals surface area contributed by atoms with Crippen LogP contribution in [0.25, 0.3) is 0 Å². The number of aliphatic imine (C=N–C) groups is 1. The summed E-state index contributed by atoms with van der Waals surface area (Å²) >= 11 is 5.84. The summed E-state index contributed by atoms with van der Waals surface area (Å²) in [6.45, 7) is 5.25. The van der Waals surface area contributed by atoms with Gasteiger partial charge in [-0.3, -0.25) is 15.2 Å². The number of benzene rings is 2. The molecule has 0 aliphatic rings. The van der Waals surface area contributed by atoms with Gasteiger partial charge in [0.15, 0.2) is 5.78 Å². The standard InChI is InChI=1S/C18H18ClN3O/c1-12-4-8-16(9-5-12)20-13(2)18(14(3)23)22-21-17-10-6-15(19)7-11-17/h4-11,21H,1-3H3/b20-13?,22-18+. The molecule has 0 spiro atoms. The van der Waals surface area contributed by atoms with Crippen LogP contribution in [0.1, 0.15) is 19.4 Å². The van der Waals surface area contributed by atoms with Gasteiger partial charge in [0.1, 0.15) is 5.71 Å². The van der Waals surface area contributed by atoms with Crippen molar-refractivity contribution >= 4 is 40.2 Å². The minimum Gasteiger partial charge on any atom is -0.293 e. The lowest BCUT2D eigenvalue weighted by molar-refractivity contribution is -0.110. The maximum Gasteiger partial charge on any atom is 0.181 e. The van der Waals surface area contributed by atoms with Gasteiger partial charge < -0.3 is 0 Å². The topological polar surface area (TPSA) is 53.8 Å². The van der Waals surface area contributed by atoms with Crippen molar-refractivity contribution in [2.75, 3.05) is 5.43 Å². The fourth-order valence-corrected chi connectivity index (χ4v) is 2.05. The van der Waals surface area contributed by atoms with Crippen molar-refractivity contribution in [2.45, 2.75) is 20.8 Å².